The smallest absolute Gasteiger partial charge is 0.334 e. The van der Waals surface area contributed by atoms with Gasteiger partial charge in [0.1, 0.15) is 0 Å². The molecule has 1 aliphatic heterocycles. The zero-order valence-electron chi connectivity index (χ0n) is 13.5. The Morgan fingerprint density at radius 2 is 2.12 bits per heavy atom. The number of H-pyrrole nitrogens is 1. The SMILES string of the molecule is CCn1c(=O)[nH]c2cc(C(=O)N3CCOC(C(=O)O)C3)ccc2c1=O. The van der Waals surface area contributed by atoms with Crippen molar-refractivity contribution in [3.05, 3.63) is 44.6 Å². The van der Waals surface area contributed by atoms with Crippen LogP contribution in [-0.2, 0) is 16.1 Å². The van der Waals surface area contributed by atoms with Crippen molar-refractivity contribution in [1.29, 1.82) is 0 Å². The molecule has 1 amide bonds. The largest absolute Gasteiger partial charge is 0.479 e. The van der Waals surface area contributed by atoms with Gasteiger partial charge in [0.25, 0.3) is 11.5 Å². The van der Waals surface area contributed by atoms with Crippen LogP contribution < -0.4 is 11.2 Å². The van der Waals surface area contributed by atoms with Gasteiger partial charge >= 0.3 is 11.7 Å². The van der Waals surface area contributed by atoms with E-state index in [-0.39, 0.29) is 43.2 Å². The van der Waals surface area contributed by atoms with E-state index in [1.54, 1.807) is 6.92 Å². The molecule has 1 saturated heterocycles. The van der Waals surface area contributed by atoms with Gasteiger partial charge in [0.15, 0.2) is 6.10 Å². The molecule has 9 heteroatoms. The highest BCUT2D eigenvalue weighted by Crippen LogP contribution is 2.14. The van der Waals surface area contributed by atoms with E-state index in [1.165, 1.54) is 23.1 Å². The number of carboxylic acids is 1. The van der Waals surface area contributed by atoms with Crippen molar-refractivity contribution in [2.45, 2.75) is 19.6 Å². The topological polar surface area (TPSA) is 122 Å². The average molecular weight is 347 g/mol. The van der Waals surface area contributed by atoms with Crippen LogP contribution in [0.25, 0.3) is 10.9 Å². The van der Waals surface area contributed by atoms with E-state index < -0.39 is 23.3 Å². The van der Waals surface area contributed by atoms with E-state index in [0.29, 0.717) is 5.39 Å². The molecule has 2 heterocycles. The maximum Gasteiger partial charge on any atom is 0.334 e. The molecule has 0 saturated carbocycles. The van der Waals surface area contributed by atoms with Gasteiger partial charge in [-0.05, 0) is 25.1 Å². The van der Waals surface area contributed by atoms with Gasteiger partial charge in [-0.1, -0.05) is 0 Å². The molecule has 0 spiro atoms. The van der Waals surface area contributed by atoms with E-state index in [0.717, 1.165) is 4.57 Å². The first-order chi connectivity index (χ1) is 11.9. The van der Waals surface area contributed by atoms with Crippen LogP contribution in [0.3, 0.4) is 0 Å². The second-order valence-electron chi connectivity index (χ2n) is 5.69. The second kappa shape index (κ2) is 6.52. The summed E-state index contributed by atoms with van der Waals surface area (Å²) in [5, 5.41) is 9.33. The van der Waals surface area contributed by atoms with Gasteiger partial charge in [-0.25, -0.2) is 9.59 Å². The van der Waals surface area contributed by atoms with Crippen LogP contribution in [0.2, 0.25) is 0 Å². The number of nitrogens with zero attached hydrogens (tertiary/aromatic N) is 2. The molecular weight excluding hydrogens is 330 g/mol. The van der Waals surface area contributed by atoms with Crippen LogP contribution in [0.4, 0.5) is 0 Å². The minimum atomic E-state index is -1.12. The Balaban J connectivity index is 1.96. The Labute approximate surface area is 141 Å². The fourth-order valence-corrected chi connectivity index (χ4v) is 2.84. The number of carboxylic acid groups (broad SMARTS) is 1. The average Bonchev–Trinajstić information content (AvgIpc) is 2.61. The second-order valence-corrected chi connectivity index (χ2v) is 5.69. The van der Waals surface area contributed by atoms with Crippen LogP contribution >= 0.6 is 0 Å². The van der Waals surface area contributed by atoms with Crippen molar-refractivity contribution in [3.63, 3.8) is 0 Å². The molecular formula is C16H17N3O6. The lowest BCUT2D eigenvalue weighted by Gasteiger charge is -2.30. The third kappa shape index (κ3) is 3.05. The summed E-state index contributed by atoms with van der Waals surface area (Å²) in [5.41, 5.74) is -0.420. The number of rotatable bonds is 3. The monoisotopic (exact) mass is 347 g/mol. The van der Waals surface area contributed by atoms with E-state index in [2.05, 4.69) is 4.98 Å². The first-order valence-electron chi connectivity index (χ1n) is 7.83. The molecule has 1 atom stereocenters. The predicted octanol–water partition coefficient (Wildman–Crippen LogP) is -0.365. The molecule has 9 nitrogen and oxygen atoms in total. The van der Waals surface area contributed by atoms with Crippen molar-refractivity contribution < 1.29 is 19.4 Å². The molecule has 0 bridgehead atoms. The van der Waals surface area contributed by atoms with E-state index in [4.69, 9.17) is 9.84 Å². The van der Waals surface area contributed by atoms with Crippen molar-refractivity contribution in [2.75, 3.05) is 19.7 Å². The number of benzene rings is 1. The number of hydrogen-bond donors (Lipinski definition) is 2. The van der Waals surface area contributed by atoms with Gasteiger partial charge in [0.2, 0.25) is 0 Å². The highest BCUT2D eigenvalue weighted by Gasteiger charge is 2.29. The fraction of sp³-hybridized carbons (Fsp3) is 0.375. The molecule has 3 rings (SSSR count). The Kier molecular flexibility index (Phi) is 4.41. The van der Waals surface area contributed by atoms with Crippen molar-refractivity contribution in [3.8, 4) is 0 Å². The normalized spacial score (nSPS) is 17.6. The number of amides is 1. The summed E-state index contributed by atoms with van der Waals surface area (Å²) in [6.45, 7) is 2.29. The van der Waals surface area contributed by atoms with Crippen molar-refractivity contribution in [1.82, 2.24) is 14.5 Å². The molecule has 2 aromatic rings. The van der Waals surface area contributed by atoms with Crippen LogP contribution in [0.1, 0.15) is 17.3 Å². The quantitative estimate of drug-likeness (QED) is 0.782. The van der Waals surface area contributed by atoms with E-state index in [1.807, 2.05) is 0 Å². The number of carbonyl (C=O) groups excluding carboxylic acids is 1. The number of morpholine rings is 1. The third-order valence-corrected chi connectivity index (χ3v) is 4.17. The molecule has 0 radical (unpaired) electrons. The summed E-state index contributed by atoms with van der Waals surface area (Å²) >= 11 is 0. The first kappa shape index (κ1) is 16.9. The Bertz CT molecular complexity index is 960. The number of fused-ring (bicyclic) bond motifs is 1. The molecule has 25 heavy (non-hydrogen) atoms. The molecule has 1 unspecified atom stereocenters. The minimum Gasteiger partial charge on any atom is -0.479 e. The zero-order valence-corrected chi connectivity index (χ0v) is 13.5. The maximum absolute atomic E-state index is 12.6. The van der Waals surface area contributed by atoms with Crippen molar-refractivity contribution in [2.24, 2.45) is 0 Å². The molecule has 1 aliphatic rings. The maximum atomic E-state index is 12.6. The first-order valence-corrected chi connectivity index (χ1v) is 7.83. The molecule has 0 aliphatic carbocycles. The van der Waals surface area contributed by atoms with Crippen LogP contribution in [0.5, 0.6) is 0 Å². The standard InChI is InChI=1S/C16H17N3O6/c1-2-19-14(21)10-4-3-9(7-11(10)17-16(19)24)13(20)18-5-6-25-12(8-18)15(22)23/h3-4,7,12H,2,5-6,8H2,1H3,(H,17,24)(H,22,23). The van der Waals surface area contributed by atoms with Crippen LogP contribution in [0, 0.1) is 0 Å². The summed E-state index contributed by atoms with van der Waals surface area (Å²) in [7, 11) is 0. The lowest BCUT2D eigenvalue weighted by molar-refractivity contribution is -0.154. The lowest BCUT2D eigenvalue weighted by Crippen LogP contribution is -2.48. The molecule has 2 N–H and O–H groups in total. The van der Waals surface area contributed by atoms with Crippen LogP contribution in [-0.4, -0.2) is 57.2 Å². The Morgan fingerprint density at radius 1 is 1.36 bits per heavy atom. The number of nitrogens with one attached hydrogen (secondary N) is 1. The van der Waals surface area contributed by atoms with Gasteiger partial charge in [-0.2, -0.15) is 0 Å². The molecule has 1 aromatic heterocycles. The number of hydrogen-bond acceptors (Lipinski definition) is 5. The Morgan fingerprint density at radius 3 is 2.80 bits per heavy atom. The lowest BCUT2D eigenvalue weighted by atomic mass is 10.1. The summed E-state index contributed by atoms with van der Waals surface area (Å²) in [4.78, 5) is 51.8. The molecule has 1 aromatic carbocycles. The molecule has 1 fully saturated rings. The number of ether oxygens (including phenoxy) is 1. The Hall–Kier alpha value is -2.94. The highest BCUT2D eigenvalue weighted by molar-refractivity contribution is 5.98. The fourth-order valence-electron chi connectivity index (χ4n) is 2.84. The zero-order chi connectivity index (χ0) is 18.1. The van der Waals surface area contributed by atoms with Gasteiger partial charge in [0.05, 0.1) is 24.1 Å². The summed E-state index contributed by atoms with van der Waals surface area (Å²) in [6, 6.07) is 4.42. The number of aromatic nitrogens is 2. The number of aromatic amines is 1. The summed E-state index contributed by atoms with van der Waals surface area (Å²) < 4.78 is 6.17. The van der Waals surface area contributed by atoms with Gasteiger partial charge in [-0.3, -0.25) is 14.2 Å². The van der Waals surface area contributed by atoms with Gasteiger partial charge in [0, 0.05) is 18.7 Å². The minimum absolute atomic E-state index is 0.0554. The van der Waals surface area contributed by atoms with Crippen LogP contribution in [0.15, 0.2) is 27.8 Å². The summed E-state index contributed by atoms with van der Waals surface area (Å²) in [5.74, 6) is -1.50. The van der Waals surface area contributed by atoms with E-state index >= 15 is 0 Å². The van der Waals surface area contributed by atoms with Gasteiger partial charge < -0.3 is 19.7 Å². The third-order valence-electron chi connectivity index (χ3n) is 4.17. The summed E-state index contributed by atoms with van der Waals surface area (Å²) in [6.07, 6.45) is -1.06. The van der Waals surface area contributed by atoms with Crippen molar-refractivity contribution >= 4 is 22.8 Å². The highest BCUT2D eigenvalue weighted by atomic mass is 16.5. The van der Waals surface area contributed by atoms with Gasteiger partial charge in [-0.15, -0.1) is 0 Å². The predicted molar refractivity (Wildman–Crippen MR) is 87.8 cm³/mol. The number of aliphatic carboxylic acids is 1. The number of carbonyl (C=O) groups is 2. The molecule has 132 valence electrons. The van der Waals surface area contributed by atoms with E-state index in [9.17, 15) is 19.2 Å².